The van der Waals surface area contributed by atoms with Crippen molar-refractivity contribution in [3.8, 4) is 0 Å². The average Bonchev–Trinajstić information content (AvgIpc) is 3.26. The minimum Gasteiger partial charge on any atom is -0.480 e. The summed E-state index contributed by atoms with van der Waals surface area (Å²) in [5, 5.41) is 16.1. The van der Waals surface area contributed by atoms with Crippen LogP contribution in [0.25, 0.3) is 0 Å². The highest BCUT2D eigenvalue weighted by Crippen LogP contribution is 2.09. The number of nitrogens with zero attached hydrogens (tertiary/aromatic N) is 1. The molecule has 4 amide bonds. The summed E-state index contributed by atoms with van der Waals surface area (Å²) in [7, 11) is -4.28. The Hall–Kier alpha value is -4.01. The fourth-order valence-electron chi connectivity index (χ4n) is 2.62. The molecule has 0 saturated heterocycles. The number of aliphatic carboxylic acids is 1. The van der Waals surface area contributed by atoms with Crippen LogP contribution in [0.3, 0.4) is 0 Å². The molecule has 13 nitrogen and oxygen atoms in total. The molecule has 0 unspecified atom stereocenters. The van der Waals surface area contributed by atoms with E-state index in [0.717, 1.165) is 24.3 Å². The maximum absolute atomic E-state index is 12.9. The van der Waals surface area contributed by atoms with Gasteiger partial charge in [0.2, 0.25) is 11.8 Å². The quantitative estimate of drug-likeness (QED) is 0.232. The number of aromatic amines is 1. The van der Waals surface area contributed by atoms with Gasteiger partial charge in [0.15, 0.2) is 0 Å². The van der Waals surface area contributed by atoms with E-state index in [0.29, 0.717) is 5.69 Å². The van der Waals surface area contributed by atoms with Crippen molar-refractivity contribution >= 4 is 33.8 Å². The van der Waals surface area contributed by atoms with E-state index in [4.69, 9.17) is 0 Å². The minimum absolute atomic E-state index is 0.00960. The number of carbonyl (C=O) groups excluding carboxylic acids is 3. The Morgan fingerprint density at radius 3 is 2.41 bits per heavy atom. The van der Waals surface area contributed by atoms with Gasteiger partial charge in [-0.1, -0.05) is 0 Å². The Balaban J connectivity index is 1.76. The molecule has 2 atom stereocenters. The molecule has 15 heteroatoms. The van der Waals surface area contributed by atoms with Crippen LogP contribution in [0.4, 0.5) is 9.18 Å². The minimum atomic E-state index is -4.28. The van der Waals surface area contributed by atoms with E-state index in [1.165, 1.54) is 19.4 Å². The number of nitrogens with one attached hydrogen (secondary N) is 5. The van der Waals surface area contributed by atoms with Crippen LogP contribution in [-0.4, -0.2) is 65.9 Å². The standard InChI is InChI=1S/C19H23FN6O7S/c1-11(24-19(31)26-34(32,33)14-4-2-12(20)3-5-14)17(28)22-7-6-16(27)25-15(18(29)30)8-13-9-21-10-23-13/h2-5,9-11,15H,6-8H2,1H3,(H,21,23)(H,22,28)(H,25,27)(H,29,30)(H2,24,26,31)/t11-,15-/m0/s1. The van der Waals surface area contributed by atoms with Crippen LogP contribution in [0.15, 0.2) is 41.7 Å². The lowest BCUT2D eigenvalue weighted by molar-refractivity contribution is -0.141. The van der Waals surface area contributed by atoms with Crippen LogP contribution in [0.1, 0.15) is 19.0 Å². The van der Waals surface area contributed by atoms with Crippen LogP contribution in [0.2, 0.25) is 0 Å². The third kappa shape index (κ3) is 8.16. The molecule has 0 aliphatic rings. The highest BCUT2D eigenvalue weighted by atomic mass is 32.2. The first-order valence-corrected chi connectivity index (χ1v) is 11.3. The molecule has 1 aromatic carbocycles. The van der Waals surface area contributed by atoms with Crippen molar-refractivity contribution in [1.29, 1.82) is 0 Å². The van der Waals surface area contributed by atoms with Gasteiger partial charge in [-0.2, -0.15) is 0 Å². The third-order valence-corrected chi connectivity index (χ3v) is 5.70. The number of rotatable bonds is 11. The van der Waals surface area contributed by atoms with Gasteiger partial charge in [-0.25, -0.2) is 32.1 Å². The van der Waals surface area contributed by atoms with Gasteiger partial charge < -0.3 is 26.0 Å². The highest BCUT2D eigenvalue weighted by Gasteiger charge is 2.23. The Kier molecular flexibility index (Phi) is 9.06. The van der Waals surface area contributed by atoms with E-state index in [1.807, 2.05) is 0 Å². The first-order valence-electron chi connectivity index (χ1n) is 9.84. The average molecular weight is 498 g/mol. The normalized spacial score (nSPS) is 12.8. The van der Waals surface area contributed by atoms with Gasteiger partial charge in [-0.15, -0.1) is 0 Å². The fourth-order valence-corrected chi connectivity index (χ4v) is 3.54. The number of benzene rings is 1. The predicted molar refractivity (Wildman–Crippen MR) is 114 cm³/mol. The zero-order valence-corrected chi connectivity index (χ0v) is 18.7. The van der Waals surface area contributed by atoms with Gasteiger partial charge in [0.25, 0.3) is 10.0 Å². The van der Waals surface area contributed by atoms with Crippen molar-refractivity contribution in [2.75, 3.05) is 6.54 Å². The van der Waals surface area contributed by atoms with Gasteiger partial charge in [0, 0.05) is 31.3 Å². The molecule has 0 spiro atoms. The molecule has 0 aliphatic carbocycles. The zero-order chi connectivity index (χ0) is 25.3. The summed E-state index contributed by atoms with van der Waals surface area (Å²) in [6.07, 6.45) is 2.55. The monoisotopic (exact) mass is 498 g/mol. The van der Waals surface area contributed by atoms with Crippen molar-refractivity contribution in [1.82, 2.24) is 30.6 Å². The van der Waals surface area contributed by atoms with Gasteiger partial charge in [-0.05, 0) is 31.2 Å². The first kappa shape index (κ1) is 26.2. The third-order valence-electron chi connectivity index (χ3n) is 4.36. The van der Waals surface area contributed by atoms with E-state index >= 15 is 0 Å². The number of carboxylic acid groups (broad SMARTS) is 1. The summed E-state index contributed by atoms with van der Waals surface area (Å²) < 4.78 is 38.8. The molecule has 34 heavy (non-hydrogen) atoms. The lowest BCUT2D eigenvalue weighted by atomic mass is 10.1. The summed E-state index contributed by atoms with van der Waals surface area (Å²) in [6, 6.07) is 0.206. The number of aromatic nitrogens is 2. The first-order chi connectivity index (χ1) is 16.0. The second-order valence-electron chi connectivity index (χ2n) is 7.03. The molecule has 184 valence electrons. The molecule has 0 saturated carbocycles. The number of hydrogen-bond acceptors (Lipinski definition) is 7. The van der Waals surface area contributed by atoms with Crippen LogP contribution in [0, 0.1) is 5.82 Å². The molecular formula is C19H23FN6O7S. The molecule has 1 heterocycles. The number of hydrogen-bond donors (Lipinski definition) is 6. The second kappa shape index (κ2) is 11.7. The molecule has 6 N–H and O–H groups in total. The molecule has 0 bridgehead atoms. The van der Waals surface area contributed by atoms with Crippen LogP contribution in [0.5, 0.6) is 0 Å². The van der Waals surface area contributed by atoms with Gasteiger partial charge in [0.05, 0.1) is 11.2 Å². The Labute approximate surface area is 193 Å². The molecule has 0 fully saturated rings. The number of urea groups is 1. The van der Waals surface area contributed by atoms with Crippen LogP contribution < -0.4 is 20.7 Å². The Morgan fingerprint density at radius 1 is 1.15 bits per heavy atom. The van der Waals surface area contributed by atoms with Crippen LogP contribution >= 0.6 is 0 Å². The summed E-state index contributed by atoms with van der Waals surface area (Å²) in [6.45, 7) is 1.12. The van der Waals surface area contributed by atoms with Crippen molar-refractivity contribution in [2.24, 2.45) is 0 Å². The van der Waals surface area contributed by atoms with Gasteiger partial charge in [0.1, 0.15) is 17.9 Å². The molecule has 1 aromatic heterocycles. The summed E-state index contributed by atoms with van der Waals surface area (Å²) >= 11 is 0. The molecule has 2 rings (SSSR count). The maximum atomic E-state index is 12.9. The Bertz CT molecular complexity index is 1120. The van der Waals surface area contributed by atoms with Crippen molar-refractivity contribution < 1.29 is 37.1 Å². The number of H-pyrrole nitrogens is 1. The van der Waals surface area contributed by atoms with E-state index in [9.17, 15) is 37.1 Å². The number of imidazole rings is 1. The summed E-state index contributed by atoms with van der Waals surface area (Å²) in [5.74, 6) is -3.24. The number of halogens is 1. The van der Waals surface area contributed by atoms with E-state index in [2.05, 4.69) is 25.9 Å². The SMILES string of the molecule is C[C@H](NC(=O)NS(=O)(=O)c1ccc(F)cc1)C(=O)NCCC(=O)N[C@@H](Cc1cnc[nH]1)C(=O)O. The smallest absolute Gasteiger partial charge is 0.329 e. The Morgan fingerprint density at radius 2 is 1.82 bits per heavy atom. The lowest BCUT2D eigenvalue weighted by Gasteiger charge is -2.16. The molecular weight excluding hydrogens is 475 g/mol. The number of amides is 4. The topological polar surface area (TPSA) is 199 Å². The zero-order valence-electron chi connectivity index (χ0n) is 17.9. The van der Waals surface area contributed by atoms with Gasteiger partial charge >= 0.3 is 12.0 Å². The largest absolute Gasteiger partial charge is 0.480 e. The maximum Gasteiger partial charge on any atom is 0.329 e. The van der Waals surface area contributed by atoms with Gasteiger partial charge in [-0.3, -0.25) is 9.59 Å². The van der Waals surface area contributed by atoms with E-state index in [-0.39, 0.29) is 24.3 Å². The second-order valence-corrected chi connectivity index (χ2v) is 8.72. The molecule has 0 aliphatic heterocycles. The number of carbonyl (C=O) groups is 4. The van der Waals surface area contributed by atoms with Crippen LogP contribution in [-0.2, 0) is 30.8 Å². The molecule has 2 aromatic rings. The van der Waals surface area contributed by atoms with Crippen molar-refractivity contribution in [2.45, 2.75) is 36.7 Å². The lowest BCUT2D eigenvalue weighted by Crippen LogP contribution is -2.50. The predicted octanol–water partition coefficient (Wildman–Crippen LogP) is -0.756. The molecule has 0 radical (unpaired) electrons. The highest BCUT2D eigenvalue weighted by molar-refractivity contribution is 7.90. The summed E-state index contributed by atoms with van der Waals surface area (Å²) in [5.41, 5.74) is 0.514. The van der Waals surface area contributed by atoms with Crippen molar-refractivity contribution in [3.05, 3.63) is 48.3 Å². The van der Waals surface area contributed by atoms with Crippen molar-refractivity contribution in [3.63, 3.8) is 0 Å². The van der Waals surface area contributed by atoms with E-state index in [1.54, 1.807) is 4.72 Å². The number of carboxylic acids is 1. The number of sulfonamides is 1. The fraction of sp³-hybridized carbons (Fsp3) is 0.316. The van der Waals surface area contributed by atoms with E-state index < -0.39 is 51.7 Å². The summed E-state index contributed by atoms with van der Waals surface area (Å²) in [4.78, 5) is 53.5.